The molecule has 2 rings (SSSR count). The monoisotopic (exact) mass is 542 g/mol. The molecule has 2 amide bonds. The van der Waals surface area contributed by atoms with Gasteiger partial charge in [-0.1, -0.05) is 80.1 Å². The van der Waals surface area contributed by atoms with E-state index in [1.54, 1.807) is 24.3 Å². The van der Waals surface area contributed by atoms with Crippen LogP contribution in [0.15, 0.2) is 66.8 Å². The maximum Gasteiger partial charge on any atom is 0.308 e. The molecule has 0 radical (unpaired) electrons. The molecule has 0 saturated heterocycles. The zero-order chi connectivity index (χ0) is 28.1. The fraction of sp³-hybridized carbons (Fsp3) is 0.345. The SMILES string of the molecule is COc1ccc(CC(NC(=O)/C=C/C[C@H](O)[C@H](C)/C=C/c2ccccc2)C(=O)NCC(C)C(=O)O)cc1Cl. The van der Waals surface area contributed by atoms with E-state index in [2.05, 4.69) is 10.6 Å². The van der Waals surface area contributed by atoms with Crippen molar-refractivity contribution in [3.05, 3.63) is 82.9 Å². The van der Waals surface area contributed by atoms with Crippen LogP contribution in [0.5, 0.6) is 5.75 Å². The van der Waals surface area contributed by atoms with Crippen LogP contribution in [-0.4, -0.2) is 53.8 Å². The van der Waals surface area contributed by atoms with Gasteiger partial charge in [-0.3, -0.25) is 14.4 Å². The van der Waals surface area contributed by atoms with Crippen LogP contribution in [0.2, 0.25) is 5.02 Å². The third-order valence-corrected chi connectivity index (χ3v) is 6.23. The number of carbonyl (C=O) groups is 3. The summed E-state index contributed by atoms with van der Waals surface area (Å²) in [5, 5.41) is 25.1. The number of rotatable bonds is 14. The van der Waals surface area contributed by atoms with Crippen molar-refractivity contribution in [3.8, 4) is 5.75 Å². The summed E-state index contributed by atoms with van der Waals surface area (Å²) in [5.74, 6) is -2.53. The average Bonchev–Trinajstić information content (AvgIpc) is 2.90. The van der Waals surface area contributed by atoms with E-state index in [4.69, 9.17) is 21.4 Å². The highest BCUT2D eigenvalue weighted by molar-refractivity contribution is 6.32. The lowest BCUT2D eigenvalue weighted by molar-refractivity contribution is -0.141. The Morgan fingerprint density at radius 1 is 1.11 bits per heavy atom. The van der Waals surface area contributed by atoms with Crippen LogP contribution in [0.3, 0.4) is 0 Å². The highest BCUT2D eigenvalue weighted by Gasteiger charge is 2.22. The number of aliphatic hydroxyl groups excluding tert-OH is 1. The molecule has 0 aliphatic rings. The number of benzene rings is 2. The molecule has 0 saturated carbocycles. The van der Waals surface area contributed by atoms with Gasteiger partial charge in [-0.05, 0) is 35.8 Å². The van der Waals surface area contributed by atoms with E-state index in [1.165, 1.54) is 20.1 Å². The molecular weight excluding hydrogens is 508 g/mol. The van der Waals surface area contributed by atoms with Crippen LogP contribution < -0.4 is 15.4 Å². The lowest BCUT2D eigenvalue weighted by Gasteiger charge is -2.19. The molecule has 0 aliphatic carbocycles. The van der Waals surface area contributed by atoms with Gasteiger partial charge in [0.15, 0.2) is 0 Å². The molecule has 204 valence electrons. The Balaban J connectivity index is 2.01. The van der Waals surface area contributed by atoms with E-state index in [0.717, 1.165) is 5.56 Å². The first-order chi connectivity index (χ1) is 18.1. The maximum absolute atomic E-state index is 12.8. The number of halogens is 1. The maximum atomic E-state index is 12.8. The lowest BCUT2D eigenvalue weighted by Crippen LogP contribution is -2.48. The Hall–Kier alpha value is -3.62. The Bertz CT molecular complexity index is 1140. The third-order valence-electron chi connectivity index (χ3n) is 5.94. The van der Waals surface area contributed by atoms with Gasteiger partial charge in [0.25, 0.3) is 0 Å². The van der Waals surface area contributed by atoms with E-state index in [1.807, 2.05) is 49.4 Å². The van der Waals surface area contributed by atoms with Crippen LogP contribution in [-0.2, 0) is 20.8 Å². The lowest BCUT2D eigenvalue weighted by atomic mass is 10.00. The fourth-order valence-corrected chi connectivity index (χ4v) is 3.73. The Kier molecular flexibility index (Phi) is 12.6. The number of ether oxygens (including phenoxy) is 1. The molecule has 0 aliphatic heterocycles. The first-order valence-corrected chi connectivity index (χ1v) is 12.7. The molecule has 0 aromatic heterocycles. The van der Waals surface area contributed by atoms with Crippen LogP contribution in [0.25, 0.3) is 6.08 Å². The van der Waals surface area contributed by atoms with E-state index in [9.17, 15) is 19.5 Å². The molecule has 2 aromatic rings. The average molecular weight is 543 g/mol. The molecule has 4 N–H and O–H groups in total. The summed E-state index contributed by atoms with van der Waals surface area (Å²) in [5.41, 5.74) is 1.71. The number of aliphatic carboxylic acids is 1. The zero-order valence-electron chi connectivity index (χ0n) is 21.8. The number of aliphatic hydroxyl groups is 1. The summed E-state index contributed by atoms with van der Waals surface area (Å²) >= 11 is 6.20. The summed E-state index contributed by atoms with van der Waals surface area (Å²) in [6.07, 6.45) is 6.35. The van der Waals surface area contributed by atoms with E-state index < -0.39 is 35.8 Å². The molecule has 38 heavy (non-hydrogen) atoms. The van der Waals surface area contributed by atoms with Crippen LogP contribution in [0, 0.1) is 11.8 Å². The van der Waals surface area contributed by atoms with Crippen LogP contribution in [0.4, 0.5) is 0 Å². The van der Waals surface area contributed by atoms with Gasteiger partial charge in [-0.25, -0.2) is 0 Å². The highest BCUT2D eigenvalue weighted by Crippen LogP contribution is 2.25. The van der Waals surface area contributed by atoms with Gasteiger partial charge in [0.2, 0.25) is 11.8 Å². The largest absolute Gasteiger partial charge is 0.495 e. The van der Waals surface area contributed by atoms with Gasteiger partial charge in [-0.15, -0.1) is 0 Å². The molecule has 9 heteroatoms. The standard InChI is InChI=1S/C29H35ClN2O6/c1-19(12-13-21-8-5-4-6-9-21)25(33)10-7-11-27(34)32-24(28(35)31-18-20(2)29(36)37)17-22-14-15-26(38-3)23(30)16-22/h4-9,11-16,19-20,24-25,33H,10,17-18H2,1-3H3,(H,31,35)(H,32,34)(H,36,37)/b11-7+,13-12+/t19-,20?,24?,25+/m1/s1. The summed E-state index contributed by atoms with van der Waals surface area (Å²) in [6.45, 7) is 3.28. The Morgan fingerprint density at radius 3 is 2.45 bits per heavy atom. The molecule has 2 aromatic carbocycles. The second-order valence-electron chi connectivity index (χ2n) is 9.05. The first kappa shape index (κ1) is 30.6. The topological polar surface area (TPSA) is 125 Å². The van der Waals surface area contributed by atoms with Gasteiger partial charge in [0.1, 0.15) is 11.8 Å². The molecule has 0 spiro atoms. The van der Waals surface area contributed by atoms with Crippen molar-refractivity contribution in [1.29, 1.82) is 0 Å². The van der Waals surface area contributed by atoms with Gasteiger partial charge >= 0.3 is 5.97 Å². The van der Waals surface area contributed by atoms with Gasteiger partial charge in [0.05, 0.1) is 24.2 Å². The summed E-state index contributed by atoms with van der Waals surface area (Å²) in [6, 6.07) is 13.8. The molecule has 0 fully saturated rings. The number of carboxylic acid groups (broad SMARTS) is 1. The van der Waals surface area contributed by atoms with Crippen molar-refractivity contribution in [2.45, 2.75) is 38.8 Å². The van der Waals surface area contributed by atoms with Crippen molar-refractivity contribution < 1.29 is 29.3 Å². The van der Waals surface area contributed by atoms with Crippen molar-refractivity contribution in [2.24, 2.45) is 11.8 Å². The van der Waals surface area contributed by atoms with Crippen LogP contribution in [0.1, 0.15) is 31.4 Å². The van der Waals surface area contributed by atoms with E-state index in [-0.39, 0.29) is 25.3 Å². The normalized spacial score (nSPS) is 14.6. The Labute approximate surface area is 228 Å². The molecule has 4 atom stereocenters. The first-order valence-electron chi connectivity index (χ1n) is 12.3. The van der Waals surface area contributed by atoms with Gasteiger partial charge < -0.3 is 25.6 Å². The van der Waals surface area contributed by atoms with E-state index in [0.29, 0.717) is 16.3 Å². The van der Waals surface area contributed by atoms with Crippen molar-refractivity contribution in [3.63, 3.8) is 0 Å². The van der Waals surface area contributed by atoms with Crippen molar-refractivity contribution in [1.82, 2.24) is 10.6 Å². The van der Waals surface area contributed by atoms with Gasteiger partial charge in [0, 0.05) is 18.9 Å². The van der Waals surface area contributed by atoms with Gasteiger partial charge in [-0.2, -0.15) is 0 Å². The molecule has 0 bridgehead atoms. The molecule has 0 heterocycles. The van der Waals surface area contributed by atoms with Crippen LogP contribution >= 0.6 is 11.6 Å². The number of hydrogen-bond donors (Lipinski definition) is 4. The number of carbonyl (C=O) groups excluding carboxylic acids is 2. The van der Waals surface area contributed by atoms with E-state index >= 15 is 0 Å². The summed E-state index contributed by atoms with van der Waals surface area (Å²) in [7, 11) is 1.49. The minimum atomic E-state index is -1.04. The number of hydrogen-bond acceptors (Lipinski definition) is 5. The van der Waals surface area contributed by atoms with Crippen molar-refractivity contribution >= 4 is 35.5 Å². The van der Waals surface area contributed by atoms with Crippen molar-refractivity contribution in [2.75, 3.05) is 13.7 Å². The smallest absolute Gasteiger partial charge is 0.308 e. The molecular formula is C29H35ClN2O6. The number of amides is 2. The molecule has 8 nitrogen and oxygen atoms in total. The summed E-state index contributed by atoms with van der Waals surface area (Å²) < 4.78 is 5.15. The number of methoxy groups -OCH3 is 1. The summed E-state index contributed by atoms with van der Waals surface area (Å²) in [4.78, 5) is 36.5. The second kappa shape index (κ2) is 15.6. The predicted molar refractivity (Wildman–Crippen MR) is 148 cm³/mol. The third kappa shape index (κ3) is 10.4. The highest BCUT2D eigenvalue weighted by atomic mass is 35.5. The molecule has 2 unspecified atom stereocenters. The second-order valence-corrected chi connectivity index (χ2v) is 9.46. The fourth-order valence-electron chi connectivity index (χ4n) is 3.45. The minimum Gasteiger partial charge on any atom is -0.495 e. The minimum absolute atomic E-state index is 0.0830. The number of carboxylic acids is 1. The Morgan fingerprint density at radius 2 is 1.82 bits per heavy atom. The quantitative estimate of drug-likeness (QED) is 0.269. The zero-order valence-corrected chi connectivity index (χ0v) is 22.5. The predicted octanol–water partition coefficient (Wildman–Crippen LogP) is 3.87. The number of nitrogens with one attached hydrogen (secondary N) is 2.